The van der Waals surface area contributed by atoms with Crippen molar-refractivity contribution in [3.63, 3.8) is 0 Å². The molecule has 250 valence electrons. The summed E-state index contributed by atoms with van der Waals surface area (Å²) in [6, 6.07) is 0. The maximum absolute atomic E-state index is 5.91. The molecule has 0 aromatic carbocycles. The van der Waals surface area contributed by atoms with Crippen LogP contribution in [0.4, 0.5) is 0 Å². The van der Waals surface area contributed by atoms with Gasteiger partial charge in [-0.05, 0) is 12.8 Å². The summed E-state index contributed by atoms with van der Waals surface area (Å²) in [7, 11) is 0. The van der Waals surface area contributed by atoms with Crippen LogP contribution >= 0.6 is 24.4 Å². The van der Waals surface area contributed by atoms with E-state index in [1.54, 1.807) is 0 Å². The Kier molecular flexibility index (Phi) is 35.1. The van der Waals surface area contributed by atoms with Crippen molar-refractivity contribution in [2.75, 3.05) is 13.1 Å². The first-order chi connectivity index (χ1) is 20.6. The molecule has 0 aliphatic heterocycles. The maximum atomic E-state index is 5.91. The third-order valence-corrected chi connectivity index (χ3v) is 9.86. The van der Waals surface area contributed by atoms with Gasteiger partial charge in [0.05, 0.1) is 0 Å². The molecule has 0 saturated carbocycles. The third kappa shape index (κ3) is 31.2. The van der Waals surface area contributed by atoms with Crippen molar-refractivity contribution < 1.29 is 0 Å². The van der Waals surface area contributed by atoms with Crippen LogP contribution in [-0.4, -0.2) is 28.0 Å². The van der Waals surface area contributed by atoms with Gasteiger partial charge in [-0.1, -0.05) is 231 Å². The van der Waals surface area contributed by atoms with Crippen LogP contribution < -0.4 is 5.73 Å². The summed E-state index contributed by atoms with van der Waals surface area (Å²) in [5.41, 5.74) is 5.91. The topological polar surface area (TPSA) is 29.3 Å². The van der Waals surface area contributed by atoms with Crippen LogP contribution in [0.3, 0.4) is 0 Å². The van der Waals surface area contributed by atoms with E-state index in [2.05, 4.69) is 18.7 Å². The Labute approximate surface area is 276 Å². The highest BCUT2D eigenvalue weighted by Gasteiger charge is 2.11. The third-order valence-electron chi connectivity index (χ3n) is 9.06. The van der Waals surface area contributed by atoms with Crippen molar-refractivity contribution in [2.24, 2.45) is 5.73 Å². The van der Waals surface area contributed by atoms with Crippen LogP contribution in [0.1, 0.15) is 219 Å². The number of hydrogen-bond acceptors (Lipinski definition) is 2. The fourth-order valence-corrected chi connectivity index (χ4v) is 6.48. The standard InChI is InChI=1S/C38H76N2S2/c1-3-5-7-9-11-13-15-17-19-21-23-25-27-29-31-33-35-40(38(42)37(39)41)36-34-32-30-28-26-24-22-20-18-16-14-12-10-8-6-4-2/h3-36H2,1-2H3,(H2,39,41). The van der Waals surface area contributed by atoms with Gasteiger partial charge in [-0.15, -0.1) is 0 Å². The van der Waals surface area contributed by atoms with E-state index >= 15 is 0 Å². The molecule has 4 heteroatoms. The van der Waals surface area contributed by atoms with Gasteiger partial charge in [0.2, 0.25) is 0 Å². The van der Waals surface area contributed by atoms with Crippen LogP contribution in [0, 0.1) is 0 Å². The minimum Gasteiger partial charge on any atom is -0.388 e. The first kappa shape index (κ1) is 41.8. The Balaban J connectivity index is 3.59. The van der Waals surface area contributed by atoms with E-state index in [-0.39, 0.29) is 0 Å². The van der Waals surface area contributed by atoms with Gasteiger partial charge in [-0.3, -0.25) is 0 Å². The predicted molar refractivity (Wildman–Crippen MR) is 200 cm³/mol. The zero-order valence-corrected chi connectivity index (χ0v) is 30.5. The average Bonchev–Trinajstić information content (AvgIpc) is 2.99. The van der Waals surface area contributed by atoms with Gasteiger partial charge >= 0.3 is 0 Å². The molecule has 0 fully saturated rings. The summed E-state index contributed by atoms with van der Waals surface area (Å²) >= 11 is 10.8. The number of hydrogen-bond donors (Lipinski definition) is 1. The van der Waals surface area contributed by atoms with Crippen LogP contribution in [0.25, 0.3) is 0 Å². The molecule has 0 aliphatic rings. The van der Waals surface area contributed by atoms with Gasteiger partial charge in [0.15, 0.2) is 0 Å². The van der Waals surface area contributed by atoms with Crippen molar-refractivity contribution in [3.05, 3.63) is 0 Å². The predicted octanol–water partition coefficient (Wildman–Crippen LogP) is 13.4. The molecule has 0 heterocycles. The number of rotatable bonds is 34. The fraction of sp³-hybridized carbons (Fsp3) is 0.947. The minimum absolute atomic E-state index is 0.401. The molecule has 42 heavy (non-hydrogen) atoms. The molecule has 2 N–H and O–H groups in total. The Morgan fingerprint density at radius 1 is 0.357 bits per heavy atom. The van der Waals surface area contributed by atoms with Crippen molar-refractivity contribution in [2.45, 2.75) is 219 Å². The van der Waals surface area contributed by atoms with Crippen molar-refractivity contribution >= 4 is 34.4 Å². The molecular formula is C38H76N2S2. The summed E-state index contributed by atoms with van der Waals surface area (Å²) in [6.45, 7) is 6.64. The lowest BCUT2D eigenvalue weighted by Gasteiger charge is -2.24. The monoisotopic (exact) mass is 625 g/mol. The molecule has 0 atom stereocenters. The molecule has 0 spiro atoms. The van der Waals surface area contributed by atoms with Gasteiger partial charge in [0.25, 0.3) is 0 Å². The van der Waals surface area contributed by atoms with E-state index in [4.69, 9.17) is 30.2 Å². The van der Waals surface area contributed by atoms with E-state index in [0.29, 0.717) is 9.98 Å². The second-order valence-electron chi connectivity index (χ2n) is 13.3. The van der Waals surface area contributed by atoms with Crippen LogP contribution in [0.2, 0.25) is 0 Å². The van der Waals surface area contributed by atoms with Crippen molar-refractivity contribution in [1.29, 1.82) is 0 Å². The lowest BCUT2D eigenvalue weighted by molar-refractivity contribution is 0.392. The largest absolute Gasteiger partial charge is 0.388 e. The van der Waals surface area contributed by atoms with Gasteiger partial charge in [-0.25, -0.2) is 0 Å². The molecule has 0 unspecified atom stereocenters. The zero-order chi connectivity index (χ0) is 30.8. The summed E-state index contributed by atoms with van der Waals surface area (Å²) in [6.07, 6.45) is 44.9. The molecule has 2 nitrogen and oxygen atoms in total. The van der Waals surface area contributed by atoms with E-state index in [1.807, 2.05) is 0 Å². The van der Waals surface area contributed by atoms with Crippen LogP contribution in [0.15, 0.2) is 0 Å². The molecular weight excluding hydrogens is 549 g/mol. The second-order valence-corrected chi connectivity index (χ2v) is 14.1. The molecule has 0 aromatic rings. The van der Waals surface area contributed by atoms with Gasteiger partial charge in [0.1, 0.15) is 9.98 Å². The number of unbranched alkanes of at least 4 members (excludes halogenated alkanes) is 30. The van der Waals surface area contributed by atoms with Gasteiger partial charge < -0.3 is 10.6 Å². The molecule has 0 saturated heterocycles. The molecule has 0 amide bonds. The van der Waals surface area contributed by atoms with Crippen molar-refractivity contribution in [3.8, 4) is 0 Å². The van der Waals surface area contributed by atoms with E-state index in [0.717, 1.165) is 13.1 Å². The number of nitrogens with two attached hydrogens (primary N) is 1. The molecule has 0 radical (unpaired) electrons. The SMILES string of the molecule is CCCCCCCCCCCCCCCCCCN(CCCCCCCCCCCCCCCCCC)C(=S)C(N)=S. The molecule has 0 aliphatic carbocycles. The van der Waals surface area contributed by atoms with Crippen molar-refractivity contribution in [1.82, 2.24) is 4.90 Å². The lowest BCUT2D eigenvalue weighted by Crippen LogP contribution is -2.39. The minimum atomic E-state index is 0.401. The highest BCUT2D eigenvalue weighted by atomic mass is 32.1. The molecule has 0 rings (SSSR count). The Hall–Kier alpha value is -0.220. The molecule has 0 bridgehead atoms. The highest BCUT2D eigenvalue weighted by Crippen LogP contribution is 2.16. The summed E-state index contributed by atoms with van der Waals surface area (Å²) in [4.78, 5) is 3.41. The summed E-state index contributed by atoms with van der Waals surface area (Å²) in [5.74, 6) is 0. The summed E-state index contributed by atoms with van der Waals surface area (Å²) < 4.78 is 0. The van der Waals surface area contributed by atoms with E-state index in [9.17, 15) is 0 Å². The lowest BCUT2D eigenvalue weighted by atomic mass is 10.0. The summed E-state index contributed by atoms with van der Waals surface area (Å²) in [5, 5.41) is 0. The molecule has 0 aromatic heterocycles. The second kappa shape index (κ2) is 35.3. The van der Waals surface area contributed by atoms with E-state index < -0.39 is 0 Å². The normalized spacial score (nSPS) is 11.3. The van der Waals surface area contributed by atoms with Crippen LogP contribution in [-0.2, 0) is 0 Å². The van der Waals surface area contributed by atoms with Gasteiger partial charge in [0, 0.05) is 13.1 Å². The number of thiocarbonyl (C=S) groups is 2. The first-order valence-electron chi connectivity index (χ1n) is 19.2. The maximum Gasteiger partial charge on any atom is 0.136 e. The highest BCUT2D eigenvalue weighted by molar-refractivity contribution is 7.89. The zero-order valence-electron chi connectivity index (χ0n) is 28.9. The van der Waals surface area contributed by atoms with Gasteiger partial charge in [-0.2, -0.15) is 0 Å². The Morgan fingerprint density at radius 2 is 0.548 bits per heavy atom. The quantitative estimate of drug-likeness (QED) is 0.0569. The average molecular weight is 625 g/mol. The number of nitrogens with zero attached hydrogens (tertiary/aromatic N) is 1. The van der Waals surface area contributed by atoms with Crippen LogP contribution in [0.5, 0.6) is 0 Å². The smallest absolute Gasteiger partial charge is 0.136 e. The first-order valence-corrected chi connectivity index (χ1v) is 20.0. The van der Waals surface area contributed by atoms with E-state index in [1.165, 1.54) is 205 Å². The Bertz CT molecular complexity index is 529. The fourth-order valence-electron chi connectivity index (χ4n) is 6.17. The Morgan fingerprint density at radius 3 is 0.738 bits per heavy atom.